The second-order valence-corrected chi connectivity index (χ2v) is 11.3. The summed E-state index contributed by atoms with van der Waals surface area (Å²) in [4.78, 5) is 24.3. The third-order valence-electron chi connectivity index (χ3n) is 6.77. The quantitative estimate of drug-likeness (QED) is 0.130. The Morgan fingerprint density at radius 1 is 0.647 bits per heavy atom. The van der Waals surface area contributed by atoms with Crippen molar-refractivity contribution in [3.8, 4) is 22.9 Å². The van der Waals surface area contributed by atoms with Crippen LogP contribution in [0.3, 0.4) is 0 Å². The number of halogens is 3. The lowest BCUT2D eigenvalue weighted by molar-refractivity contribution is -0.274. The number of rotatable bonds is 9. The molecule has 0 bridgehead atoms. The Hall–Kier alpha value is -5.85. The summed E-state index contributed by atoms with van der Waals surface area (Å²) < 4.78 is 48.9. The van der Waals surface area contributed by atoms with Gasteiger partial charge in [0.05, 0.1) is 6.10 Å². The highest BCUT2D eigenvalue weighted by molar-refractivity contribution is 6.22. The molecule has 0 saturated heterocycles. The number of aromatic nitrogens is 2. The Kier molecular flexibility index (Phi) is 14.8. The predicted molar refractivity (Wildman–Crippen MR) is 198 cm³/mol. The van der Waals surface area contributed by atoms with Crippen molar-refractivity contribution in [3.05, 3.63) is 128 Å². The third kappa shape index (κ3) is 11.9. The molecule has 0 aliphatic heterocycles. The standard InChI is InChI=1S/C19H23N3O2.C17H16F3N3O2.C2H6/c1-12(2)24-17-8-6-16(7-9-17)22-11-15(5-10-18(22)23)19(13(3)20)14(4)21;1-10(21)16(11(2)22)12-3-8-15(24)23(9-12)13-4-6-14(7-5-13)25-17(18,19)20;1-2/h5-12,20H,21H2,1-4H3;3-9,21H,22H2,1-2H3;1-2H3/b19-14+,20-13?;16-11+,21-10?;. The average Bonchev–Trinajstić information content (AvgIpc) is 3.03. The normalized spacial score (nSPS) is 11.9. The molecule has 51 heavy (non-hydrogen) atoms. The van der Waals surface area contributed by atoms with E-state index in [0.29, 0.717) is 39.5 Å². The number of allylic oxidation sites excluding steroid dienone is 4. The number of nitrogens with zero attached hydrogens (tertiary/aromatic N) is 2. The Morgan fingerprint density at radius 2 is 1.00 bits per heavy atom. The number of hydrogen-bond acceptors (Lipinski definition) is 8. The van der Waals surface area contributed by atoms with Crippen LogP contribution in [0.1, 0.15) is 66.5 Å². The van der Waals surface area contributed by atoms with Crippen LogP contribution in [0.15, 0.2) is 106 Å². The topological polar surface area (TPSA) is 162 Å². The van der Waals surface area contributed by atoms with Crippen LogP contribution >= 0.6 is 0 Å². The van der Waals surface area contributed by atoms with Crippen LogP contribution in [0, 0.1) is 10.8 Å². The van der Waals surface area contributed by atoms with Crippen LogP contribution in [0.2, 0.25) is 0 Å². The summed E-state index contributed by atoms with van der Waals surface area (Å²) in [6.07, 6.45) is -1.48. The zero-order chi connectivity index (χ0) is 38.6. The average molecular weight is 707 g/mol. The minimum Gasteiger partial charge on any atom is -0.491 e. The molecule has 0 aliphatic carbocycles. The van der Waals surface area contributed by atoms with Crippen LogP contribution in [0.5, 0.6) is 11.5 Å². The van der Waals surface area contributed by atoms with Gasteiger partial charge < -0.3 is 31.8 Å². The number of alkyl halides is 3. The van der Waals surface area contributed by atoms with Crippen molar-refractivity contribution in [1.29, 1.82) is 10.8 Å². The lowest BCUT2D eigenvalue weighted by atomic mass is 10.0. The van der Waals surface area contributed by atoms with Gasteiger partial charge in [0.25, 0.3) is 11.1 Å². The van der Waals surface area contributed by atoms with Crippen LogP contribution in [0.25, 0.3) is 22.5 Å². The summed E-state index contributed by atoms with van der Waals surface area (Å²) in [6.45, 7) is 14.6. The van der Waals surface area contributed by atoms with E-state index in [0.717, 1.165) is 29.1 Å². The van der Waals surface area contributed by atoms with E-state index in [4.69, 9.17) is 27.0 Å². The SMILES string of the molecule is CC.CC(=N)/C(=C(/C)N)c1ccc(=O)n(-c2ccc(OC(C)C)cc2)c1.CC(=N)/C(=C(/C)N)c1ccc(=O)n(-c2ccc(OC(F)(F)F)cc2)c1. The van der Waals surface area contributed by atoms with Crippen molar-refractivity contribution < 1.29 is 22.6 Å². The first-order valence-electron chi connectivity index (χ1n) is 16.0. The zero-order valence-electron chi connectivity index (χ0n) is 30.0. The first kappa shape index (κ1) is 41.3. The van der Waals surface area contributed by atoms with Crippen LogP contribution in [-0.4, -0.2) is 33.0 Å². The van der Waals surface area contributed by atoms with Gasteiger partial charge in [-0.15, -0.1) is 13.2 Å². The summed E-state index contributed by atoms with van der Waals surface area (Å²) in [5.74, 6) is 0.376. The molecule has 0 atom stereocenters. The summed E-state index contributed by atoms with van der Waals surface area (Å²) in [5.41, 5.74) is 16.3. The Balaban J connectivity index is 0.000000337. The fourth-order valence-electron chi connectivity index (χ4n) is 4.92. The monoisotopic (exact) mass is 706 g/mol. The second kappa shape index (κ2) is 18.2. The van der Waals surface area contributed by atoms with Gasteiger partial charge >= 0.3 is 6.36 Å². The second-order valence-electron chi connectivity index (χ2n) is 11.3. The minimum absolute atomic E-state index is 0.0951. The summed E-state index contributed by atoms with van der Waals surface area (Å²) >= 11 is 0. The molecule has 2 aromatic heterocycles. The molecule has 0 fully saturated rings. The molecule has 0 spiro atoms. The molecule has 4 rings (SSSR count). The van der Waals surface area contributed by atoms with Crippen LogP contribution < -0.4 is 32.1 Å². The Morgan fingerprint density at radius 3 is 1.29 bits per heavy atom. The van der Waals surface area contributed by atoms with E-state index in [9.17, 15) is 22.8 Å². The van der Waals surface area contributed by atoms with E-state index in [-0.39, 0.29) is 28.7 Å². The van der Waals surface area contributed by atoms with E-state index in [2.05, 4.69) is 4.74 Å². The van der Waals surface area contributed by atoms with Gasteiger partial charge in [-0.3, -0.25) is 18.7 Å². The van der Waals surface area contributed by atoms with Gasteiger partial charge in [-0.25, -0.2) is 0 Å². The number of pyridine rings is 2. The maximum absolute atomic E-state index is 12.2. The molecule has 0 saturated carbocycles. The molecule has 2 aromatic carbocycles. The van der Waals surface area contributed by atoms with E-state index in [1.165, 1.54) is 35.0 Å². The lowest BCUT2D eigenvalue weighted by Crippen LogP contribution is -2.19. The summed E-state index contributed by atoms with van der Waals surface area (Å²) in [7, 11) is 0. The first-order valence-corrected chi connectivity index (χ1v) is 16.0. The van der Waals surface area contributed by atoms with E-state index in [1.807, 2.05) is 52.0 Å². The van der Waals surface area contributed by atoms with Crippen molar-refractivity contribution in [2.24, 2.45) is 11.5 Å². The molecule has 6 N–H and O–H groups in total. The van der Waals surface area contributed by atoms with Gasteiger partial charge in [0, 0.05) is 81.0 Å². The number of hydrogen-bond donors (Lipinski definition) is 4. The molecule has 0 amide bonds. The summed E-state index contributed by atoms with van der Waals surface area (Å²) in [6, 6.07) is 18.3. The van der Waals surface area contributed by atoms with E-state index in [1.54, 1.807) is 50.6 Å². The molecule has 13 heteroatoms. The van der Waals surface area contributed by atoms with Gasteiger partial charge in [0.15, 0.2) is 0 Å². The van der Waals surface area contributed by atoms with Gasteiger partial charge in [-0.1, -0.05) is 13.8 Å². The maximum atomic E-state index is 12.2. The lowest BCUT2D eigenvalue weighted by Gasteiger charge is -2.13. The molecule has 272 valence electrons. The fourth-order valence-corrected chi connectivity index (χ4v) is 4.92. The fraction of sp³-hybridized carbons (Fsp3) is 0.263. The van der Waals surface area contributed by atoms with Crippen molar-refractivity contribution in [2.75, 3.05) is 0 Å². The number of nitrogens with one attached hydrogen (secondary N) is 2. The number of ether oxygens (including phenoxy) is 2. The van der Waals surface area contributed by atoms with Crippen molar-refractivity contribution in [3.63, 3.8) is 0 Å². The first-order chi connectivity index (χ1) is 23.9. The smallest absolute Gasteiger partial charge is 0.491 e. The Labute approximate surface area is 295 Å². The molecule has 10 nitrogen and oxygen atoms in total. The predicted octanol–water partition coefficient (Wildman–Crippen LogP) is 7.85. The Bertz CT molecular complexity index is 2000. The highest BCUT2D eigenvalue weighted by Gasteiger charge is 2.31. The molecular weight excluding hydrogens is 661 g/mol. The van der Waals surface area contributed by atoms with Crippen molar-refractivity contribution in [2.45, 2.75) is 67.9 Å². The molecule has 0 aliphatic rings. The van der Waals surface area contributed by atoms with Crippen LogP contribution in [-0.2, 0) is 0 Å². The van der Waals surface area contributed by atoms with Gasteiger partial charge in [0.1, 0.15) is 11.5 Å². The number of nitrogens with two attached hydrogens (primary N) is 2. The number of benzene rings is 2. The van der Waals surface area contributed by atoms with Gasteiger partial charge in [-0.2, -0.15) is 0 Å². The van der Waals surface area contributed by atoms with Gasteiger partial charge in [-0.05, 0) is 102 Å². The molecule has 0 radical (unpaired) electrons. The summed E-state index contributed by atoms with van der Waals surface area (Å²) in [5, 5.41) is 15.7. The maximum Gasteiger partial charge on any atom is 0.573 e. The molecule has 2 heterocycles. The minimum atomic E-state index is -4.78. The van der Waals surface area contributed by atoms with Gasteiger partial charge in [0.2, 0.25) is 0 Å². The van der Waals surface area contributed by atoms with Crippen molar-refractivity contribution >= 4 is 22.6 Å². The highest BCUT2D eigenvalue weighted by atomic mass is 19.4. The van der Waals surface area contributed by atoms with Crippen LogP contribution in [0.4, 0.5) is 13.2 Å². The van der Waals surface area contributed by atoms with E-state index < -0.39 is 6.36 Å². The molecular formula is C38H45F3N6O4. The van der Waals surface area contributed by atoms with Crippen molar-refractivity contribution in [1.82, 2.24) is 9.13 Å². The third-order valence-corrected chi connectivity index (χ3v) is 6.77. The molecule has 4 aromatic rings. The zero-order valence-corrected chi connectivity index (χ0v) is 30.0. The molecule has 0 unspecified atom stereocenters. The highest BCUT2D eigenvalue weighted by Crippen LogP contribution is 2.24. The van der Waals surface area contributed by atoms with E-state index >= 15 is 0 Å². The largest absolute Gasteiger partial charge is 0.573 e.